The third kappa shape index (κ3) is 4.23. The quantitative estimate of drug-likeness (QED) is 0.450. The van der Waals surface area contributed by atoms with Gasteiger partial charge in [0.15, 0.2) is 5.82 Å². The Balaban J connectivity index is 1.45. The molecule has 7 nitrogen and oxygen atoms in total. The number of benzene rings is 2. The average Bonchev–Trinajstić information content (AvgIpc) is 3.31. The first-order chi connectivity index (χ1) is 14.5. The molecule has 0 aliphatic rings. The normalized spacial score (nSPS) is 11.8. The van der Waals surface area contributed by atoms with Crippen molar-refractivity contribution in [3.8, 4) is 17.1 Å². The van der Waals surface area contributed by atoms with Crippen molar-refractivity contribution in [2.75, 3.05) is 13.2 Å². The zero-order valence-corrected chi connectivity index (χ0v) is 18.3. The molecule has 0 saturated heterocycles. The van der Waals surface area contributed by atoms with Gasteiger partial charge in [-0.05, 0) is 43.7 Å². The number of rotatable bonds is 8. The highest BCUT2D eigenvalue weighted by Gasteiger charge is 2.16. The number of hydrogen-bond donors (Lipinski definition) is 1. The third-order valence-corrected chi connectivity index (χ3v) is 7.00. The summed E-state index contributed by atoms with van der Waals surface area (Å²) in [6.45, 7) is 4.71. The fourth-order valence-corrected chi connectivity index (χ4v) is 5.00. The van der Waals surface area contributed by atoms with Gasteiger partial charge < -0.3 is 4.74 Å². The van der Waals surface area contributed by atoms with Gasteiger partial charge in [0.2, 0.25) is 15.0 Å². The molecular weight excluding hydrogens is 420 g/mol. The Hall–Kier alpha value is -2.75. The molecule has 2 aromatic carbocycles. The van der Waals surface area contributed by atoms with Gasteiger partial charge >= 0.3 is 0 Å². The second kappa shape index (κ2) is 8.55. The third-order valence-electron chi connectivity index (χ3n) is 4.65. The summed E-state index contributed by atoms with van der Waals surface area (Å²) in [7, 11) is -3.59. The highest BCUT2D eigenvalue weighted by atomic mass is 32.2. The molecule has 2 heterocycles. The van der Waals surface area contributed by atoms with Crippen molar-refractivity contribution in [3.05, 3.63) is 65.2 Å². The number of aryl methyl sites for hydroxylation is 1. The Morgan fingerprint density at radius 1 is 1.13 bits per heavy atom. The second-order valence-electron chi connectivity index (χ2n) is 6.72. The number of fused-ring (bicyclic) bond motifs is 1. The molecule has 0 amide bonds. The van der Waals surface area contributed by atoms with Crippen LogP contribution in [0.1, 0.15) is 18.2 Å². The van der Waals surface area contributed by atoms with Gasteiger partial charge in [-0.3, -0.25) is 0 Å². The van der Waals surface area contributed by atoms with Gasteiger partial charge in [0, 0.05) is 23.9 Å². The summed E-state index contributed by atoms with van der Waals surface area (Å²) < 4.78 is 34.9. The molecule has 0 spiro atoms. The molecule has 0 bridgehead atoms. The smallest absolute Gasteiger partial charge is 0.240 e. The van der Waals surface area contributed by atoms with Crippen LogP contribution in [0, 0.1) is 6.92 Å². The molecule has 9 heteroatoms. The van der Waals surface area contributed by atoms with E-state index in [1.165, 1.54) is 11.3 Å². The summed E-state index contributed by atoms with van der Waals surface area (Å²) in [6.07, 6.45) is 0.507. The summed E-state index contributed by atoms with van der Waals surface area (Å²) in [5.41, 5.74) is 3.02. The Morgan fingerprint density at radius 3 is 2.63 bits per heavy atom. The lowest BCUT2D eigenvalue weighted by Gasteiger charge is -2.08. The maximum absolute atomic E-state index is 12.5. The highest BCUT2D eigenvalue weighted by Crippen LogP contribution is 2.23. The van der Waals surface area contributed by atoms with Gasteiger partial charge in [-0.1, -0.05) is 24.3 Å². The van der Waals surface area contributed by atoms with Crippen LogP contribution in [0.4, 0.5) is 0 Å². The van der Waals surface area contributed by atoms with Crippen LogP contribution in [0.15, 0.2) is 58.8 Å². The molecule has 30 heavy (non-hydrogen) atoms. The lowest BCUT2D eigenvalue weighted by Crippen LogP contribution is -2.26. The van der Waals surface area contributed by atoms with Crippen LogP contribution in [0.2, 0.25) is 0 Å². The van der Waals surface area contributed by atoms with E-state index >= 15 is 0 Å². The Kier molecular flexibility index (Phi) is 5.85. The molecule has 2 aromatic heterocycles. The molecule has 4 rings (SSSR count). The standard InChI is InChI=1S/C21H22N4O3S2/c1-3-28-17-8-10-18(11-9-17)30(26,27)22-13-12-16-14-29-21-23-20(24-25(16)21)19-7-5-4-6-15(19)2/h4-11,14,22H,3,12-13H2,1-2H3. The predicted molar refractivity (Wildman–Crippen MR) is 118 cm³/mol. The van der Waals surface area contributed by atoms with E-state index in [9.17, 15) is 8.42 Å². The number of nitrogens with zero attached hydrogens (tertiary/aromatic N) is 3. The lowest BCUT2D eigenvalue weighted by atomic mass is 10.1. The maximum Gasteiger partial charge on any atom is 0.240 e. The number of ether oxygens (including phenoxy) is 1. The van der Waals surface area contributed by atoms with Gasteiger partial charge in [0.25, 0.3) is 0 Å². The topological polar surface area (TPSA) is 85.6 Å². The number of nitrogens with one attached hydrogen (secondary N) is 1. The lowest BCUT2D eigenvalue weighted by molar-refractivity contribution is 0.340. The summed E-state index contributed by atoms with van der Waals surface area (Å²) in [5, 5.41) is 6.59. The first kappa shape index (κ1) is 20.5. The molecule has 0 aliphatic heterocycles. The van der Waals surface area contributed by atoms with Crippen LogP contribution in [0.3, 0.4) is 0 Å². The van der Waals surface area contributed by atoms with E-state index in [1.807, 2.05) is 43.5 Å². The SMILES string of the molecule is CCOc1ccc(S(=O)(=O)NCCc2csc3nc(-c4ccccc4C)nn23)cc1. The Bertz CT molecular complexity index is 1260. The van der Waals surface area contributed by atoms with E-state index in [0.717, 1.165) is 21.8 Å². The molecule has 0 saturated carbocycles. The minimum atomic E-state index is -3.59. The molecule has 0 radical (unpaired) electrons. The fraction of sp³-hybridized carbons (Fsp3) is 0.238. The zero-order valence-electron chi connectivity index (χ0n) is 16.7. The number of aromatic nitrogens is 3. The fourth-order valence-electron chi connectivity index (χ4n) is 3.11. The minimum Gasteiger partial charge on any atom is -0.494 e. The van der Waals surface area contributed by atoms with Crippen LogP contribution in [-0.4, -0.2) is 36.2 Å². The summed E-state index contributed by atoms with van der Waals surface area (Å²) in [5.74, 6) is 1.32. The molecule has 1 N–H and O–H groups in total. The molecule has 156 valence electrons. The molecular formula is C21H22N4O3S2. The van der Waals surface area contributed by atoms with Crippen LogP contribution in [-0.2, 0) is 16.4 Å². The van der Waals surface area contributed by atoms with E-state index < -0.39 is 10.0 Å². The Morgan fingerprint density at radius 2 is 1.90 bits per heavy atom. The number of thiazole rings is 1. The molecule has 0 unspecified atom stereocenters. The van der Waals surface area contributed by atoms with Gasteiger partial charge in [-0.2, -0.15) is 4.98 Å². The Labute approximate surface area is 179 Å². The van der Waals surface area contributed by atoms with Crippen LogP contribution >= 0.6 is 11.3 Å². The first-order valence-corrected chi connectivity index (χ1v) is 12.0. The van der Waals surface area contributed by atoms with Crippen molar-refractivity contribution >= 4 is 26.3 Å². The monoisotopic (exact) mass is 442 g/mol. The highest BCUT2D eigenvalue weighted by molar-refractivity contribution is 7.89. The van der Waals surface area contributed by atoms with Gasteiger partial charge in [0.05, 0.1) is 17.2 Å². The molecule has 0 aliphatic carbocycles. The van der Waals surface area contributed by atoms with Gasteiger partial charge in [0.1, 0.15) is 5.75 Å². The first-order valence-electron chi connectivity index (χ1n) is 9.59. The van der Waals surface area contributed by atoms with Gasteiger partial charge in [-0.15, -0.1) is 16.4 Å². The van der Waals surface area contributed by atoms with Crippen molar-refractivity contribution in [3.63, 3.8) is 0 Å². The van der Waals surface area contributed by atoms with Crippen molar-refractivity contribution < 1.29 is 13.2 Å². The van der Waals surface area contributed by atoms with Crippen molar-refractivity contribution in [1.82, 2.24) is 19.3 Å². The maximum atomic E-state index is 12.5. The zero-order chi connectivity index (χ0) is 21.1. The second-order valence-corrected chi connectivity index (χ2v) is 9.33. The summed E-state index contributed by atoms with van der Waals surface area (Å²) in [4.78, 5) is 5.61. The van der Waals surface area contributed by atoms with Crippen LogP contribution in [0.25, 0.3) is 16.3 Å². The van der Waals surface area contributed by atoms with Crippen molar-refractivity contribution in [2.24, 2.45) is 0 Å². The minimum absolute atomic E-state index is 0.212. The largest absolute Gasteiger partial charge is 0.494 e. The molecule has 0 atom stereocenters. The van der Waals surface area contributed by atoms with Gasteiger partial charge in [-0.25, -0.2) is 17.7 Å². The van der Waals surface area contributed by atoms with E-state index in [-0.39, 0.29) is 11.4 Å². The van der Waals surface area contributed by atoms with E-state index in [1.54, 1.807) is 28.8 Å². The van der Waals surface area contributed by atoms with Crippen LogP contribution < -0.4 is 9.46 Å². The van der Waals surface area contributed by atoms with E-state index in [2.05, 4.69) is 14.8 Å². The van der Waals surface area contributed by atoms with Crippen molar-refractivity contribution in [1.29, 1.82) is 0 Å². The van der Waals surface area contributed by atoms with E-state index in [4.69, 9.17) is 4.74 Å². The summed E-state index contributed by atoms with van der Waals surface area (Å²) >= 11 is 1.49. The summed E-state index contributed by atoms with van der Waals surface area (Å²) in [6, 6.07) is 14.4. The molecule has 4 aromatic rings. The number of hydrogen-bond acceptors (Lipinski definition) is 6. The van der Waals surface area contributed by atoms with Crippen molar-refractivity contribution in [2.45, 2.75) is 25.2 Å². The number of sulfonamides is 1. The average molecular weight is 443 g/mol. The van der Waals surface area contributed by atoms with Crippen LogP contribution in [0.5, 0.6) is 5.75 Å². The predicted octanol–water partition coefficient (Wildman–Crippen LogP) is 3.69. The van der Waals surface area contributed by atoms with E-state index in [0.29, 0.717) is 24.6 Å². The molecule has 0 fully saturated rings.